The summed E-state index contributed by atoms with van der Waals surface area (Å²) in [5, 5.41) is 0. The average molecular weight is 230 g/mol. The van der Waals surface area contributed by atoms with E-state index >= 15 is 0 Å². The van der Waals surface area contributed by atoms with Gasteiger partial charge in [-0.1, -0.05) is 0 Å². The Morgan fingerprint density at radius 3 is 2.47 bits per heavy atom. The highest BCUT2D eigenvalue weighted by molar-refractivity contribution is 6.17. The Morgan fingerprint density at radius 2 is 2.00 bits per heavy atom. The molecule has 15 heavy (non-hydrogen) atoms. The van der Waals surface area contributed by atoms with E-state index in [1.54, 1.807) is 6.07 Å². The van der Waals surface area contributed by atoms with E-state index in [1.807, 2.05) is 6.07 Å². The van der Waals surface area contributed by atoms with Gasteiger partial charge in [-0.05, 0) is 44.5 Å². The fraction of sp³-hybridized carbons (Fsp3) is 0.500. The van der Waals surface area contributed by atoms with Crippen LogP contribution in [0.25, 0.3) is 0 Å². The topological polar surface area (TPSA) is 3.24 Å². The van der Waals surface area contributed by atoms with Crippen molar-refractivity contribution < 1.29 is 4.39 Å². The van der Waals surface area contributed by atoms with Gasteiger partial charge in [-0.25, -0.2) is 4.39 Å². The third-order valence-electron chi connectivity index (χ3n) is 2.39. The standard InChI is InChI=1S/C12H17ClFN/c1-4-15(9(2)3)12-6-10(8-13)5-11(14)7-12/h5-7,9H,4,8H2,1-3H3. The van der Waals surface area contributed by atoms with Crippen LogP contribution in [0.1, 0.15) is 26.3 Å². The van der Waals surface area contributed by atoms with E-state index in [4.69, 9.17) is 11.6 Å². The lowest BCUT2D eigenvalue weighted by Gasteiger charge is -2.27. The zero-order valence-electron chi connectivity index (χ0n) is 9.43. The number of rotatable bonds is 4. The second-order valence-corrected chi connectivity index (χ2v) is 4.10. The van der Waals surface area contributed by atoms with Crippen molar-refractivity contribution in [1.29, 1.82) is 0 Å². The Hall–Kier alpha value is -0.760. The molecule has 0 saturated carbocycles. The molecule has 0 unspecified atom stereocenters. The van der Waals surface area contributed by atoms with E-state index in [2.05, 4.69) is 25.7 Å². The van der Waals surface area contributed by atoms with E-state index in [9.17, 15) is 4.39 Å². The highest BCUT2D eigenvalue weighted by Gasteiger charge is 2.10. The second-order valence-electron chi connectivity index (χ2n) is 3.83. The van der Waals surface area contributed by atoms with Gasteiger partial charge in [0.1, 0.15) is 5.82 Å². The predicted octanol–water partition coefficient (Wildman–Crippen LogP) is 3.80. The van der Waals surface area contributed by atoms with Gasteiger partial charge in [0, 0.05) is 24.2 Å². The molecule has 0 aliphatic carbocycles. The van der Waals surface area contributed by atoms with Gasteiger partial charge in [0.2, 0.25) is 0 Å². The molecule has 0 bridgehead atoms. The first kappa shape index (κ1) is 12.3. The van der Waals surface area contributed by atoms with Crippen molar-refractivity contribution in [3.8, 4) is 0 Å². The van der Waals surface area contributed by atoms with Crippen LogP contribution in [0.2, 0.25) is 0 Å². The predicted molar refractivity (Wildman–Crippen MR) is 64.1 cm³/mol. The molecule has 1 rings (SSSR count). The molecule has 1 aromatic carbocycles. The van der Waals surface area contributed by atoms with Crippen LogP contribution >= 0.6 is 11.6 Å². The molecule has 0 aliphatic heterocycles. The van der Waals surface area contributed by atoms with Gasteiger partial charge in [-0.15, -0.1) is 11.6 Å². The number of halogens is 2. The van der Waals surface area contributed by atoms with Crippen molar-refractivity contribution in [3.63, 3.8) is 0 Å². The van der Waals surface area contributed by atoms with Crippen LogP contribution in [-0.4, -0.2) is 12.6 Å². The summed E-state index contributed by atoms with van der Waals surface area (Å²) in [4.78, 5) is 2.14. The van der Waals surface area contributed by atoms with Crippen molar-refractivity contribution in [3.05, 3.63) is 29.6 Å². The first-order valence-corrected chi connectivity index (χ1v) is 5.74. The fourth-order valence-corrected chi connectivity index (χ4v) is 1.88. The third-order valence-corrected chi connectivity index (χ3v) is 2.70. The summed E-state index contributed by atoms with van der Waals surface area (Å²) in [5.74, 6) is 0.127. The van der Waals surface area contributed by atoms with Crippen LogP contribution in [0.5, 0.6) is 0 Å². The minimum Gasteiger partial charge on any atom is -0.369 e. The molecule has 84 valence electrons. The number of alkyl halides is 1. The quantitative estimate of drug-likeness (QED) is 0.710. The molecule has 0 radical (unpaired) electrons. The lowest BCUT2D eigenvalue weighted by atomic mass is 10.1. The molecule has 0 atom stereocenters. The van der Waals surface area contributed by atoms with Crippen molar-refractivity contribution in [1.82, 2.24) is 0 Å². The molecule has 0 spiro atoms. The van der Waals surface area contributed by atoms with Crippen LogP contribution in [0, 0.1) is 5.82 Å². The first-order valence-electron chi connectivity index (χ1n) is 5.20. The zero-order valence-corrected chi connectivity index (χ0v) is 10.2. The summed E-state index contributed by atoms with van der Waals surface area (Å²) < 4.78 is 13.3. The van der Waals surface area contributed by atoms with Crippen molar-refractivity contribution in [2.24, 2.45) is 0 Å². The molecule has 0 aliphatic rings. The SMILES string of the molecule is CCN(c1cc(F)cc(CCl)c1)C(C)C. The van der Waals surface area contributed by atoms with Crippen molar-refractivity contribution in [2.45, 2.75) is 32.7 Å². The Bertz CT molecular complexity index is 325. The van der Waals surface area contributed by atoms with Crippen LogP contribution in [0.15, 0.2) is 18.2 Å². The summed E-state index contributed by atoms with van der Waals surface area (Å²) in [6.45, 7) is 7.11. The molecule has 0 heterocycles. The maximum absolute atomic E-state index is 13.3. The summed E-state index contributed by atoms with van der Waals surface area (Å²) >= 11 is 5.71. The Morgan fingerprint density at radius 1 is 1.33 bits per heavy atom. The Labute approximate surface area is 95.8 Å². The smallest absolute Gasteiger partial charge is 0.125 e. The molecular weight excluding hydrogens is 213 g/mol. The van der Waals surface area contributed by atoms with Gasteiger partial charge in [-0.2, -0.15) is 0 Å². The second kappa shape index (κ2) is 5.36. The maximum atomic E-state index is 13.3. The largest absolute Gasteiger partial charge is 0.369 e. The zero-order chi connectivity index (χ0) is 11.4. The average Bonchev–Trinajstić information content (AvgIpc) is 2.17. The Kier molecular flexibility index (Phi) is 4.40. The number of hydrogen-bond donors (Lipinski definition) is 0. The molecule has 0 amide bonds. The Balaban J connectivity index is 3.06. The molecule has 0 N–H and O–H groups in total. The number of benzene rings is 1. The molecule has 3 heteroatoms. The number of nitrogens with zero attached hydrogens (tertiary/aromatic N) is 1. The van der Waals surface area contributed by atoms with Crippen LogP contribution < -0.4 is 4.90 Å². The number of anilines is 1. The van der Waals surface area contributed by atoms with Crippen LogP contribution in [-0.2, 0) is 5.88 Å². The maximum Gasteiger partial charge on any atom is 0.125 e. The van der Waals surface area contributed by atoms with Gasteiger partial charge in [0.05, 0.1) is 0 Å². The summed E-state index contributed by atoms with van der Waals surface area (Å²) in [6, 6.07) is 5.34. The monoisotopic (exact) mass is 229 g/mol. The highest BCUT2D eigenvalue weighted by atomic mass is 35.5. The van der Waals surface area contributed by atoms with Crippen LogP contribution in [0.3, 0.4) is 0 Å². The van der Waals surface area contributed by atoms with Gasteiger partial charge in [0.25, 0.3) is 0 Å². The summed E-state index contributed by atoms with van der Waals surface area (Å²) in [5.41, 5.74) is 1.73. The summed E-state index contributed by atoms with van der Waals surface area (Å²) in [7, 11) is 0. The fourth-order valence-electron chi connectivity index (χ4n) is 1.72. The molecule has 0 fully saturated rings. The summed E-state index contributed by atoms with van der Waals surface area (Å²) in [6.07, 6.45) is 0. The van der Waals surface area contributed by atoms with Gasteiger partial charge in [0.15, 0.2) is 0 Å². The lowest BCUT2D eigenvalue weighted by molar-refractivity contribution is 0.622. The van der Waals surface area contributed by atoms with E-state index in [0.29, 0.717) is 11.9 Å². The number of hydrogen-bond acceptors (Lipinski definition) is 1. The van der Waals surface area contributed by atoms with E-state index in [-0.39, 0.29) is 5.82 Å². The van der Waals surface area contributed by atoms with Crippen LogP contribution in [0.4, 0.5) is 10.1 Å². The van der Waals surface area contributed by atoms with E-state index in [0.717, 1.165) is 17.8 Å². The van der Waals surface area contributed by atoms with Gasteiger partial charge < -0.3 is 4.90 Å². The minimum atomic E-state index is -0.220. The minimum absolute atomic E-state index is 0.220. The van der Waals surface area contributed by atoms with Gasteiger partial charge in [-0.3, -0.25) is 0 Å². The van der Waals surface area contributed by atoms with Crippen molar-refractivity contribution >= 4 is 17.3 Å². The van der Waals surface area contributed by atoms with E-state index in [1.165, 1.54) is 6.07 Å². The molecule has 0 aromatic heterocycles. The first-order chi connectivity index (χ1) is 7.08. The highest BCUT2D eigenvalue weighted by Crippen LogP contribution is 2.21. The lowest BCUT2D eigenvalue weighted by Crippen LogP contribution is -2.30. The van der Waals surface area contributed by atoms with Gasteiger partial charge >= 0.3 is 0 Å². The molecule has 1 nitrogen and oxygen atoms in total. The molecular formula is C12H17ClFN. The van der Waals surface area contributed by atoms with E-state index < -0.39 is 0 Å². The molecule has 1 aromatic rings. The normalized spacial score (nSPS) is 10.8. The third kappa shape index (κ3) is 3.10. The molecule has 0 saturated heterocycles. The van der Waals surface area contributed by atoms with Crippen molar-refractivity contribution in [2.75, 3.05) is 11.4 Å².